The second-order valence-corrected chi connectivity index (χ2v) is 7.93. The van der Waals surface area contributed by atoms with Gasteiger partial charge >= 0.3 is 6.09 Å². The Hall–Kier alpha value is -0.170. The van der Waals surface area contributed by atoms with Gasteiger partial charge in [0.1, 0.15) is 5.60 Å². The summed E-state index contributed by atoms with van der Waals surface area (Å²) in [5.74, 6) is 0. The summed E-state index contributed by atoms with van der Waals surface area (Å²) in [6, 6.07) is 0. The molecule has 7 heteroatoms. The van der Waals surface area contributed by atoms with Crippen LogP contribution in [0.2, 0.25) is 0 Å². The Kier molecular flexibility index (Phi) is 3.99. The first-order chi connectivity index (χ1) is 7.09. The smallest absolute Gasteiger partial charge is 0.410 e. The van der Waals surface area contributed by atoms with Crippen molar-refractivity contribution in [2.45, 2.75) is 38.0 Å². The van der Waals surface area contributed by atoms with E-state index in [1.165, 1.54) is 4.90 Å². The van der Waals surface area contributed by atoms with Crippen LogP contribution in [0.25, 0.3) is 0 Å². The van der Waals surface area contributed by atoms with Crippen LogP contribution < -0.4 is 0 Å². The van der Waals surface area contributed by atoms with E-state index in [0.717, 1.165) is 0 Å². The Bertz CT molecular complexity index is 274. The van der Waals surface area contributed by atoms with Crippen molar-refractivity contribution in [3.05, 3.63) is 0 Å². The SMILES string of the molecule is CC(C)(C)OC(=O)N1CCC(S(O)(O)Cl)C1. The van der Waals surface area contributed by atoms with Gasteiger partial charge in [0.05, 0.1) is 5.25 Å². The van der Waals surface area contributed by atoms with E-state index >= 15 is 0 Å². The molecule has 0 aromatic heterocycles. The van der Waals surface area contributed by atoms with Crippen LogP contribution in [0.5, 0.6) is 0 Å². The summed E-state index contributed by atoms with van der Waals surface area (Å²) in [7, 11) is 2.37. The lowest BCUT2D eigenvalue weighted by atomic mass is 10.2. The number of nitrogens with zero attached hydrogens (tertiary/aromatic N) is 1. The fourth-order valence-corrected chi connectivity index (χ4v) is 2.68. The fraction of sp³-hybridized carbons (Fsp3) is 0.889. The van der Waals surface area contributed by atoms with Crippen LogP contribution >= 0.6 is 20.5 Å². The van der Waals surface area contributed by atoms with E-state index in [2.05, 4.69) is 0 Å². The fourth-order valence-electron chi connectivity index (χ4n) is 1.47. The van der Waals surface area contributed by atoms with Crippen LogP contribution in [-0.2, 0) is 4.74 Å². The Morgan fingerprint density at radius 1 is 1.50 bits per heavy atom. The monoisotopic (exact) mass is 271 g/mol. The van der Waals surface area contributed by atoms with Gasteiger partial charge in [-0.2, -0.15) is 0 Å². The molecule has 1 amide bonds. The van der Waals surface area contributed by atoms with E-state index in [-0.39, 0.29) is 6.54 Å². The zero-order chi connectivity index (χ0) is 12.6. The third-order valence-corrected chi connectivity index (χ3v) is 4.21. The van der Waals surface area contributed by atoms with Crippen molar-refractivity contribution in [2.75, 3.05) is 13.1 Å². The Morgan fingerprint density at radius 3 is 2.44 bits per heavy atom. The maximum absolute atomic E-state index is 11.6. The molecule has 96 valence electrons. The largest absolute Gasteiger partial charge is 0.444 e. The van der Waals surface area contributed by atoms with Crippen molar-refractivity contribution >= 4 is 26.6 Å². The lowest BCUT2D eigenvalue weighted by molar-refractivity contribution is 0.0295. The molecule has 1 aliphatic rings. The minimum atomic E-state index is -3.09. The van der Waals surface area contributed by atoms with Crippen molar-refractivity contribution in [1.29, 1.82) is 0 Å². The molecule has 1 rings (SSSR count). The van der Waals surface area contributed by atoms with Crippen LogP contribution in [0.3, 0.4) is 0 Å². The highest BCUT2D eigenvalue weighted by atomic mass is 35.7. The van der Waals surface area contributed by atoms with Gasteiger partial charge < -0.3 is 9.64 Å². The second-order valence-electron chi connectivity index (χ2n) is 4.86. The second kappa shape index (κ2) is 4.60. The highest BCUT2D eigenvalue weighted by Gasteiger charge is 2.35. The average Bonchev–Trinajstić information content (AvgIpc) is 2.46. The number of hydrogen-bond donors (Lipinski definition) is 2. The van der Waals surface area contributed by atoms with Crippen LogP contribution in [0.1, 0.15) is 27.2 Å². The van der Waals surface area contributed by atoms with Gasteiger partial charge in [0.25, 0.3) is 0 Å². The first-order valence-electron chi connectivity index (χ1n) is 5.04. The summed E-state index contributed by atoms with van der Waals surface area (Å²) < 4.78 is 23.7. The number of rotatable bonds is 1. The molecule has 1 atom stereocenters. The summed E-state index contributed by atoms with van der Waals surface area (Å²) in [6.07, 6.45) is 0.0563. The summed E-state index contributed by atoms with van der Waals surface area (Å²) in [4.78, 5) is 13.1. The van der Waals surface area contributed by atoms with Gasteiger partial charge in [0, 0.05) is 23.8 Å². The minimum absolute atomic E-state index is 0.237. The number of hydrogen-bond acceptors (Lipinski definition) is 4. The zero-order valence-corrected chi connectivity index (χ0v) is 11.2. The molecule has 5 nitrogen and oxygen atoms in total. The molecule has 0 radical (unpaired) electrons. The molecule has 0 aromatic carbocycles. The lowest BCUT2D eigenvalue weighted by Gasteiger charge is -2.30. The third-order valence-electron chi connectivity index (χ3n) is 2.22. The minimum Gasteiger partial charge on any atom is -0.444 e. The molecular formula is C9H18ClNO4S. The Balaban J connectivity index is 2.51. The Labute approximate surface area is 102 Å². The van der Waals surface area contributed by atoms with E-state index in [9.17, 15) is 13.9 Å². The van der Waals surface area contributed by atoms with E-state index in [4.69, 9.17) is 15.4 Å². The molecule has 1 heterocycles. The first-order valence-corrected chi connectivity index (χ1v) is 7.48. The lowest BCUT2D eigenvalue weighted by Crippen LogP contribution is -2.36. The molecule has 2 N–H and O–H groups in total. The Morgan fingerprint density at radius 2 is 2.06 bits per heavy atom. The predicted molar refractivity (Wildman–Crippen MR) is 64.9 cm³/mol. The highest BCUT2D eigenvalue weighted by Crippen LogP contribution is 2.52. The van der Waals surface area contributed by atoms with Gasteiger partial charge in [0.2, 0.25) is 0 Å². The molecule has 0 spiro atoms. The average molecular weight is 272 g/mol. The van der Waals surface area contributed by atoms with Crippen LogP contribution in [0.4, 0.5) is 4.79 Å². The summed E-state index contributed by atoms with van der Waals surface area (Å²) in [6.45, 7) is 6.04. The van der Waals surface area contributed by atoms with Gasteiger partial charge in [-0.15, -0.1) is 9.80 Å². The molecule has 0 saturated carbocycles. The summed E-state index contributed by atoms with van der Waals surface area (Å²) >= 11 is 0. The first kappa shape index (κ1) is 13.9. The molecule has 0 aromatic rings. The number of carbonyl (C=O) groups excluding carboxylic acids is 1. The van der Waals surface area contributed by atoms with Crippen molar-refractivity contribution < 1.29 is 18.6 Å². The van der Waals surface area contributed by atoms with E-state index < -0.39 is 26.7 Å². The molecule has 0 aliphatic carbocycles. The van der Waals surface area contributed by atoms with Gasteiger partial charge in [-0.25, -0.2) is 4.79 Å². The quantitative estimate of drug-likeness (QED) is 0.769. The molecule has 0 bridgehead atoms. The van der Waals surface area contributed by atoms with E-state index in [1.807, 2.05) is 0 Å². The molecule has 1 unspecified atom stereocenters. The van der Waals surface area contributed by atoms with Crippen molar-refractivity contribution in [3.8, 4) is 0 Å². The molecular weight excluding hydrogens is 254 g/mol. The van der Waals surface area contributed by atoms with Gasteiger partial charge in [-0.05, 0) is 27.2 Å². The number of carbonyl (C=O) groups is 1. The van der Waals surface area contributed by atoms with E-state index in [0.29, 0.717) is 13.0 Å². The summed E-state index contributed by atoms with van der Waals surface area (Å²) in [5, 5.41) is -0.457. The van der Waals surface area contributed by atoms with Crippen LogP contribution in [0, 0.1) is 0 Å². The predicted octanol–water partition coefficient (Wildman–Crippen LogP) is 2.90. The highest BCUT2D eigenvalue weighted by molar-refractivity contribution is 8.43. The maximum atomic E-state index is 11.6. The molecule has 1 aliphatic heterocycles. The topological polar surface area (TPSA) is 70.0 Å². The number of amides is 1. The zero-order valence-electron chi connectivity index (χ0n) is 9.64. The van der Waals surface area contributed by atoms with Crippen LogP contribution in [0.15, 0.2) is 0 Å². The molecule has 1 fully saturated rings. The molecule has 1 saturated heterocycles. The normalized spacial score (nSPS) is 23.4. The van der Waals surface area contributed by atoms with Gasteiger partial charge in [-0.3, -0.25) is 9.11 Å². The summed E-state index contributed by atoms with van der Waals surface area (Å²) in [5.41, 5.74) is -0.543. The standard InChI is InChI=1S/C9H18ClNO4S/c1-9(2,3)15-8(12)11-5-4-7(6-11)16(10,13)14/h7,13-14H,4-6H2,1-3H3. The van der Waals surface area contributed by atoms with E-state index in [1.54, 1.807) is 20.8 Å². The molecule has 16 heavy (non-hydrogen) atoms. The van der Waals surface area contributed by atoms with Gasteiger partial charge in [-0.1, -0.05) is 0 Å². The van der Waals surface area contributed by atoms with Crippen LogP contribution in [-0.4, -0.2) is 44.0 Å². The van der Waals surface area contributed by atoms with Crippen molar-refractivity contribution in [2.24, 2.45) is 0 Å². The van der Waals surface area contributed by atoms with Gasteiger partial charge in [0.15, 0.2) is 0 Å². The number of likely N-dealkylation sites (tertiary alicyclic amines) is 1. The van der Waals surface area contributed by atoms with Crippen molar-refractivity contribution in [3.63, 3.8) is 0 Å². The number of halogens is 1. The third kappa shape index (κ3) is 4.01. The number of ether oxygens (including phenoxy) is 1. The van der Waals surface area contributed by atoms with Crippen molar-refractivity contribution in [1.82, 2.24) is 4.90 Å². The maximum Gasteiger partial charge on any atom is 0.410 e.